The van der Waals surface area contributed by atoms with Crippen molar-refractivity contribution in [3.05, 3.63) is 90.2 Å². The molecular weight excluding hydrogens is 521 g/mol. The van der Waals surface area contributed by atoms with Gasteiger partial charge >= 0.3 is 0 Å². The number of amides is 2. The summed E-state index contributed by atoms with van der Waals surface area (Å²) in [4.78, 5) is 27.7. The molecule has 3 rings (SSSR count). The highest BCUT2D eigenvalue weighted by atomic mass is 32.2. The average Bonchev–Trinajstić information content (AvgIpc) is 2.90. The minimum atomic E-state index is -3.87. The molecule has 0 fully saturated rings. The SMILES string of the molecule is CC(C)CNC(=O)[C@H](C)N(Cc1ccc(F)cc1)C(=O)CN(c1ccc(Oc2ccccc2)cc1)S(C)(=O)=O. The minimum Gasteiger partial charge on any atom is -0.457 e. The Morgan fingerprint density at radius 2 is 1.49 bits per heavy atom. The number of hydrogen-bond donors (Lipinski definition) is 1. The number of anilines is 1. The fourth-order valence-electron chi connectivity index (χ4n) is 3.74. The highest BCUT2D eigenvalue weighted by Crippen LogP contribution is 2.26. The zero-order chi connectivity index (χ0) is 28.6. The number of nitrogens with zero attached hydrogens (tertiary/aromatic N) is 2. The number of hydrogen-bond acceptors (Lipinski definition) is 5. The predicted molar refractivity (Wildman–Crippen MR) is 149 cm³/mol. The van der Waals surface area contributed by atoms with E-state index < -0.39 is 34.3 Å². The number of benzene rings is 3. The summed E-state index contributed by atoms with van der Waals surface area (Å²) in [5.41, 5.74) is 0.867. The lowest BCUT2D eigenvalue weighted by molar-refractivity contribution is -0.139. The van der Waals surface area contributed by atoms with E-state index in [1.54, 1.807) is 43.3 Å². The van der Waals surface area contributed by atoms with Crippen molar-refractivity contribution in [3.63, 3.8) is 0 Å². The molecule has 0 heterocycles. The lowest BCUT2D eigenvalue weighted by atomic mass is 10.1. The van der Waals surface area contributed by atoms with Gasteiger partial charge in [0.05, 0.1) is 11.9 Å². The van der Waals surface area contributed by atoms with E-state index >= 15 is 0 Å². The largest absolute Gasteiger partial charge is 0.457 e. The molecule has 3 aromatic carbocycles. The first-order valence-corrected chi connectivity index (χ1v) is 14.4. The molecule has 0 aliphatic heterocycles. The Morgan fingerprint density at radius 3 is 2.05 bits per heavy atom. The minimum absolute atomic E-state index is 0.00314. The van der Waals surface area contributed by atoms with Gasteiger partial charge in [0.2, 0.25) is 21.8 Å². The summed E-state index contributed by atoms with van der Waals surface area (Å²) in [6.07, 6.45) is 1.01. The second-order valence-corrected chi connectivity index (χ2v) is 11.5. The van der Waals surface area contributed by atoms with Gasteiger partial charge in [0.25, 0.3) is 0 Å². The molecule has 0 aliphatic rings. The van der Waals surface area contributed by atoms with Crippen LogP contribution in [0.3, 0.4) is 0 Å². The van der Waals surface area contributed by atoms with Gasteiger partial charge in [-0.1, -0.05) is 44.2 Å². The summed E-state index contributed by atoms with van der Waals surface area (Å²) in [5.74, 6) is -0.0482. The van der Waals surface area contributed by atoms with Crippen LogP contribution in [-0.2, 0) is 26.2 Å². The molecular formula is C29H34FN3O5S. The van der Waals surface area contributed by atoms with Crippen molar-refractivity contribution in [2.75, 3.05) is 23.7 Å². The number of carbonyl (C=O) groups excluding carboxylic acids is 2. The zero-order valence-corrected chi connectivity index (χ0v) is 23.3. The molecule has 10 heteroatoms. The highest BCUT2D eigenvalue weighted by Gasteiger charge is 2.30. The van der Waals surface area contributed by atoms with Crippen LogP contribution in [0.2, 0.25) is 0 Å². The van der Waals surface area contributed by atoms with Gasteiger partial charge in [-0.15, -0.1) is 0 Å². The molecule has 1 atom stereocenters. The average molecular weight is 556 g/mol. The van der Waals surface area contributed by atoms with Crippen molar-refractivity contribution in [1.82, 2.24) is 10.2 Å². The van der Waals surface area contributed by atoms with E-state index in [2.05, 4.69) is 5.32 Å². The number of rotatable bonds is 12. The van der Waals surface area contributed by atoms with E-state index in [0.717, 1.165) is 10.6 Å². The van der Waals surface area contributed by atoms with Gasteiger partial charge < -0.3 is 15.0 Å². The standard InChI is InChI=1S/C29H34FN3O5S/c1-21(2)18-31-29(35)22(3)32(19-23-10-12-24(30)13-11-23)28(34)20-33(39(4,36)37)25-14-16-27(17-15-25)38-26-8-6-5-7-9-26/h5-17,21-22H,18-20H2,1-4H3,(H,31,35)/t22-/m0/s1. The third kappa shape index (κ3) is 8.81. The number of para-hydroxylation sites is 1. The fourth-order valence-corrected chi connectivity index (χ4v) is 4.59. The number of carbonyl (C=O) groups is 2. The number of nitrogens with one attached hydrogen (secondary N) is 1. The van der Waals surface area contributed by atoms with Gasteiger partial charge in [0.1, 0.15) is 29.9 Å². The topological polar surface area (TPSA) is 96.0 Å². The van der Waals surface area contributed by atoms with Crippen LogP contribution < -0.4 is 14.4 Å². The summed E-state index contributed by atoms with van der Waals surface area (Å²) in [5, 5.41) is 2.81. The first-order valence-electron chi connectivity index (χ1n) is 12.6. The van der Waals surface area contributed by atoms with Crippen LogP contribution in [0, 0.1) is 11.7 Å². The zero-order valence-electron chi connectivity index (χ0n) is 22.5. The van der Waals surface area contributed by atoms with Crippen molar-refractivity contribution in [2.45, 2.75) is 33.4 Å². The fraction of sp³-hybridized carbons (Fsp3) is 0.310. The molecule has 0 aliphatic carbocycles. The van der Waals surface area contributed by atoms with Crippen LogP contribution >= 0.6 is 0 Å². The monoisotopic (exact) mass is 555 g/mol. The van der Waals surface area contributed by atoms with Gasteiger partial charge in [0.15, 0.2) is 0 Å². The van der Waals surface area contributed by atoms with Crippen LogP contribution in [0.15, 0.2) is 78.9 Å². The summed E-state index contributed by atoms with van der Waals surface area (Å²) in [6, 6.07) is 20.1. The third-order valence-corrected chi connectivity index (χ3v) is 7.04. The van der Waals surface area contributed by atoms with E-state index in [0.29, 0.717) is 23.6 Å². The van der Waals surface area contributed by atoms with Gasteiger partial charge in [0, 0.05) is 13.1 Å². The Balaban J connectivity index is 1.84. The Bertz CT molecular complexity index is 1350. The maximum absolute atomic E-state index is 13.6. The molecule has 0 unspecified atom stereocenters. The van der Waals surface area contributed by atoms with Crippen molar-refractivity contribution in [1.29, 1.82) is 0 Å². The lowest BCUT2D eigenvalue weighted by Crippen LogP contribution is -2.51. The van der Waals surface area contributed by atoms with Crippen molar-refractivity contribution < 1.29 is 27.1 Å². The Morgan fingerprint density at radius 1 is 0.897 bits per heavy atom. The van der Waals surface area contributed by atoms with Crippen molar-refractivity contribution >= 4 is 27.5 Å². The van der Waals surface area contributed by atoms with Gasteiger partial charge in [-0.25, -0.2) is 12.8 Å². The summed E-state index contributed by atoms with van der Waals surface area (Å²) < 4.78 is 45.7. The third-order valence-electron chi connectivity index (χ3n) is 5.90. The molecule has 0 saturated carbocycles. The predicted octanol–water partition coefficient (Wildman–Crippen LogP) is 4.57. The molecule has 0 bridgehead atoms. The van der Waals surface area contributed by atoms with Crippen LogP contribution in [0.4, 0.5) is 10.1 Å². The van der Waals surface area contributed by atoms with E-state index in [-0.39, 0.29) is 24.1 Å². The highest BCUT2D eigenvalue weighted by molar-refractivity contribution is 7.92. The Hall–Kier alpha value is -3.92. The molecule has 0 spiro atoms. The number of ether oxygens (including phenoxy) is 1. The van der Waals surface area contributed by atoms with E-state index in [1.165, 1.54) is 29.2 Å². The lowest BCUT2D eigenvalue weighted by Gasteiger charge is -2.31. The van der Waals surface area contributed by atoms with Gasteiger partial charge in [-0.05, 0) is 66.9 Å². The maximum Gasteiger partial charge on any atom is 0.244 e. The van der Waals surface area contributed by atoms with Gasteiger partial charge in [-0.2, -0.15) is 0 Å². The maximum atomic E-state index is 13.6. The van der Waals surface area contributed by atoms with Gasteiger partial charge in [-0.3, -0.25) is 13.9 Å². The molecule has 39 heavy (non-hydrogen) atoms. The first-order chi connectivity index (χ1) is 18.4. The van der Waals surface area contributed by atoms with Crippen LogP contribution in [0.1, 0.15) is 26.3 Å². The van der Waals surface area contributed by atoms with Crippen molar-refractivity contribution in [2.24, 2.45) is 5.92 Å². The molecule has 0 aromatic heterocycles. The summed E-state index contributed by atoms with van der Waals surface area (Å²) in [7, 11) is -3.87. The molecule has 8 nitrogen and oxygen atoms in total. The molecule has 1 N–H and O–H groups in total. The van der Waals surface area contributed by atoms with Crippen molar-refractivity contribution in [3.8, 4) is 11.5 Å². The Kier molecular flexibility index (Phi) is 10.1. The molecule has 208 valence electrons. The van der Waals surface area contributed by atoms with Crippen LogP contribution in [0.25, 0.3) is 0 Å². The van der Waals surface area contributed by atoms with E-state index in [4.69, 9.17) is 4.74 Å². The van der Waals surface area contributed by atoms with E-state index in [9.17, 15) is 22.4 Å². The molecule has 2 amide bonds. The van der Waals surface area contributed by atoms with Crippen LogP contribution in [-0.4, -0.2) is 50.5 Å². The van der Waals surface area contributed by atoms with Crippen LogP contribution in [0.5, 0.6) is 11.5 Å². The Labute approximate surface area is 229 Å². The molecule has 0 radical (unpaired) electrons. The molecule has 0 saturated heterocycles. The first kappa shape index (κ1) is 29.6. The second-order valence-electron chi connectivity index (χ2n) is 9.64. The van der Waals surface area contributed by atoms with E-state index in [1.807, 2.05) is 32.0 Å². The summed E-state index contributed by atoms with van der Waals surface area (Å²) >= 11 is 0. The number of sulfonamides is 1. The molecule has 3 aromatic rings. The quantitative estimate of drug-likeness (QED) is 0.353. The number of halogens is 1. The normalized spacial score (nSPS) is 12.1. The second kappa shape index (κ2) is 13.2. The smallest absolute Gasteiger partial charge is 0.244 e. The summed E-state index contributed by atoms with van der Waals surface area (Å²) in [6.45, 7) is 5.38.